The molecule has 0 unspecified atom stereocenters. The zero-order valence-corrected chi connectivity index (χ0v) is 32.4. The van der Waals surface area contributed by atoms with E-state index in [4.69, 9.17) is 9.97 Å². The first kappa shape index (κ1) is 34.6. The molecule has 13 heteroatoms. The Kier molecular flexibility index (Phi) is 9.14. The summed E-state index contributed by atoms with van der Waals surface area (Å²) in [6.07, 6.45) is 1.99. The molecule has 0 N–H and O–H groups in total. The predicted octanol–water partition coefficient (Wildman–Crippen LogP) is 10.2. The quantitative estimate of drug-likeness (QED) is 0.0997. The molecule has 0 amide bonds. The van der Waals surface area contributed by atoms with E-state index in [0.29, 0.717) is 11.1 Å². The molecule has 0 bridgehead atoms. The summed E-state index contributed by atoms with van der Waals surface area (Å²) in [5.74, 6) is 0. The van der Waals surface area contributed by atoms with Gasteiger partial charge in [-0.05, 0) is 128 Å². The second-order valence-corrected chi connectivity index (χ2v) is 15.5. The number of halogens is 1. The van der Waals surface area contributed by atoms with E-state index in [2.05, 4.69) is 59.1 Å². The van der Waals surface area contributed by atoms with Crippen molar-refractivity contribution in [3.05, 3.63) is 95.8 Å². The van der Waals surface area contributed by atoms with Crippen LogP contribution >= 0.6 is 45.3 Å². The first-order valence-corrected chi connectivity index (χ1v) is 17.7. The fourth-order valence-electron chi connectivity index (χ4n) is 6.39. The highest BCUT2D eigenvalue weighted by atomic mass is 127. The molecule has 47 heavy (non-hydrogen) atoms. The normalized spacial score (nSPS) is 11.4. The molecule has 4 heterocycles. The average molecular weight is 785 g/mol. The molecule has 0 atom stereocenters. The van der Waals surface area contributed by atoms with Gasteiger partial charge in [-0.15, -0.1) is 22.7 Å². The number of rotatable bonds is 4. The predicted molar refractivity (Wildman–Crippen MR) is 200 cm³/mol. The number of hydrogen-bond donors (Lipinski definition) is 0. The van der Waals surface area contributed by atoms with E-state index in [1.807, 2.05) is 61.6 Å². The average Bonchev–Trinajstić information content (AvgIpc) is 3.69. The van der Waals surface area contributed by atoms with Crippen molar-refractivity contribution in [2.45, 2.75) is 83.1 Å². The van der Waals surface area contributed by atoms with Gasteiger partial charge in [0.25, 0.3) is 11.4 Å². The lowest BCUT2D eigenvalue weighted by atomic mass is 9.91. The third-order valence-electron chi connectivity index (χ3n) is 9.70. The molecule has 2 aromatic carbocycles. The molecule has 0 saturated carbocycles. The second-order valence-electron chi connectivity index (χ2n) is 12.1. The minimum Gasteiger partial charge on any atom is -0.294 e. The van der Waals surface area contributed by atoms with E-state index in [1.54, 1.807) is 22.7 Å². The summed E-state index contributed by atoms with van der Waals surface area (Å²) in [6, 6.07) is 0. The Balaban J connectivity index is 0.000000185. The molecular weight excluding hydrogens is 747 g/mol. The summed E-state index contributed by atoms with van der Waals surface area (Å²) in [7, 11) is 0. The van der Waals surface area contributed by atoms with Crippen LogP contribution in [0.1, 0.15) is 65.6 Å². The van der Waals surface area contributed by atoms with Crippen LogP contribution in [0.3, 0.4) is 0 Å². The van der Waals surface area contributed by atoms with Gasteiger partial charge in [0.1, 0.15) is 9.39 Å². The van der Waals surface area contributed by atoms with Gasteiger partial charge in [-0.2, -0.15) is 0 Å². The van der Waals surface area contributed by atoms with Gasteiger partial charge in [-0.3, -0.25) is 29.0 Å². The molecule has 6 rings (SSSR count). The van der Waals surface area contributed by atoms with E-state index >= 15 is 0 Å². The number of thiazole rings is 2. The van der Waals surface area contributed by atoms with E-state index < -0.39 is 0 Å². The van der Waals surface area contributed by atoms with Crippen LogP contribution in [-0.4, -0.2) is 28.6 Å². The van der Waals surface area contributed by atoms with Crippen LogP contribution in [0.15, 0.2) is 6.20 Å². The largest absolute Gasteiger partial charge is 0.294 e. The summed E-state index contributed by atoms with van der Waals surface area (Å²) in [5.41, 5.74) is 13.1. The number of nitrogens with zero attached hydrogens (tertiary/aromatic N) is 6. The molecule has 0 saturated heterocycles. The van der Waals surface area contributed by atoms with Gasteiger partial charge in [0.2, 0.25) is 0 Å². The van der Waals surface area contributed by atoms with Crippen molar-refractivity contribution in [1.29, 1.82) is 0 Å². The Hall–Kier alpha value is -3.69. The second kappa shape index (κ2) is 12.4. The molecule has 0 fully saturated rings. The Morgan fingerprint density at radius 1 is 0.617 bits per heavy atom. The monoisotopic (exact) mass is 784 g/mol. The molecule has 0 aliphatic rings. The first-order valence-electron chi connectivity index (χ1n) is 15.0. The molecule has 10 nitrogen and oxygen atoms in total. The number of aromatic nitrogens is 4. The highest BCUT2D eigenvalue weighted by Crippen LogP contribution is 2.41. The molecule has 0 aliphatic carbocycles. The summed E-state index contributed by atoms with van der Waals surface area (Å²) < 4.78 is 5.21. The van der Waals surface area contributed by atoms with Crippen LogP contribution in [-0.2, 0) is 0 Å². The van der Waals surface area contributed by atoms with Crippen molar-refractivity contribution in [2.24, 2.45) is 0 Å². The van der Waals surface area contributed by atoms with Gasteiger partial charge in [-0.25, -0.2) is 9.97 Å². The summed E-state index contributed by atoms with van der Waals surface area (Å²) >= 11 is 5.59. The van der Waals surface area contributed by atoms with E-state index in [1.165, 1.54) is 15.4 Å². The third-order valence-corrected chi connectivity index (χ3v) is 12.8. The Labute approximate surface area is 295 Å². The Morgan fingerprint density at radius 3 is 1.57 bits per heavy atom. The maximum atomic E-state index is 11.6. The van der Waals surface area contributed by atoms with Crippen LogP contribution in [0.5, 0.6) is 0 Å². The maximum Gasteiger partial charge on any atom is 0.276 e. The standard InChI is InChI=1S/C17H18IN3O2S.C17H19N3O2S/c1-7-8(2)13(10(4)15(9(7)3)21(22)23)14-16(18)20-11(5)12(6)24-17(20)19-14;1-8-9(2)15(11(4)16(10(8)3)20(21)22)14-7-19-12(5)13(6)23-17(19)18-14/h1-6H3;7H,1-6H3. The Morgan fingerprint density at radius 2 is 1.09 bits per heavy atom. The van der Waals surface area contributed by atoms with Crippen molar-refractivity contribution in [3.8, 4) is 22.5 Å². The number of fused-ring (bicyclic) bond motifs is 2. The molecule has 0 spiro atoms. The van der Waals surface area contributed by atoms with Gasteiger partial charge >= 0.3 is 0 Å². The molecule has 246 valence electrons. The van der Waals surface area contributed by atoms with Gasteiger partial charge in [0, 0.05) is 60.7 Å². The SMILES string of the molecule is Cc1sc2nc(-c3c(C)c(C)c(C)c([N+](=O)[O-])c3C)c(I)n2c1C.Cc1sc2nc(-c3c(C)c(C)c(C)c([N+](=O)[O-])c3C)cn2c1C. The van der Waals surface area contributed by atoms with Gasteiger partial charge in [-0.1, -0.05) is 0 Å². The van der Waals surface area contributed by atoms with Gasteiger partial charge in [0.05, 0.1) is 15.5 Å². The number of aryl methyl sites for hydroxylation is 4. The number of benzene rings is 2. The van der Waals surface area contributed by atoms with Crippen LogP contribution in [0.2, 0.25) is 0 Å². The molecular formula is C34H37IN6O4S2. The van der Waals surface area contributed by atoms with Crippen molar-refractivity contribution < 1.29 is 9.85 Å². The third kappa shape index (κ3) is 5.45. The lowest BCUT2D eigenvalue weighted by Crippen LogP contribution is -2.04. The molecule has 6 aromatic rings. The van der Waals surface area contributed by atoms with E-state index in [0.717, 1.165) is 75.2 Å². The van der Waals surface area contributed by atoms with E-state index in [-0.39, 0.29) is 21.2 Å². The fourth-order valence-corrected chi connectivity index (χ4v) is 9.45. The Bertz CT molecular complexity index is 2310. The van der Waals surface area contributed by atoms with Gasteiger partial charge < -0.3 is 0 Å². The van der Waals surface area contributed by atoms with Gasteiger partial charge in [0.15, 0.2) is 9.92 Å². The van der Waals surface area contributed by atoms with Crippen LogP contribution in [0.25, 0.3) is 32.4 Å². The van der Waals surface area contributed by atoms with Crippen molar-refractivity contribution >= 4 is 66.6 Å². The summed E-state index contributed by atoms with van der Waals surface area (Å²) in [5, 5.41) is 23.1. The minimum atomic E-state index is -0.283. The number of nitro groups is 2. The highest BCUT2D eigenvalue weighted by Gasteiger charge is 2.28. The first-order chi connectivity index (χ1) is 21.9. The molecule has 0 aliphatic heterocycles. The minimum absolute atomic E-state index is 0.201. The fraction of sp³-hybridized carbons (Fsp3) is 0.353. The maximum absolute atomic E-state index is 11.6. The molecule has 0 radical (unpaired) electrons. The molecule has 4 aromatic heterocycles. The van der Waals surface area contributed by atoms with E-state index in [9.17, 15) is 20.2 Å². The zero-order chi connectivity index (χ0) is 35.0. The lowest BCUT2D eigenvalue weighted by Gasteiger charge is -2.15. The van der Waals surface area contributed by atoms with Crippen molar-refractivity contribution in [3.63, 3.8) is 0 Å². The van der Waals surface area contributed by atoms with Crippen molar-refractivity contribution in [2.75, 3.05) is 0 Å². The topological polar surface area (TPSA) is 121 Å². The number of hydrogen-bond acceptors (Lipinski definition) is 8. The van der Waals surface area contributed by atoms with Crippen LogP contribution in [0.4, 0.5) is 11.4 Å². The summed E-state index contributed by atoms with van der Waals surface area (Å²) in [4.78, 5) is 36.4. The lowest BCUT2D eigenvalue weighted by molar-refractivity contribution is -0.386. The number of nitro benzene ring substituents is 2. The van der Waals surface area contributed by atoms with Crippen LogP contribution < -0.4 is 0 Å². The van der Waals surface area contributed by atoms with Crippen LogP contribution in [0, 0.1) is 107 Å². The highest BCUT2D eigenvalue weighted by molar-refractivity contribution is 14.1. The summed E-state index contributed by atoms with van der Waals surface area (Å²) in [6.45, 7) is 23.5. The van der Waals surface area contributed by atoms with Crippen molar-refractivity contribution in [1.82, 2.24) is 18.8 Å². The zero-order valence-electron chi connectivity index (χ0n) is 28.6. The number of imidazole rings is 2. The smallest absolute Gasteiger partial charge is 0.276 e.